The molecule has 2 rings (SSSR count). The van der Waals surface area contributed by atoms with Gasteiger partial charge < -0.3 is 10.6 Å². The van der Waals surface area contributed by atoms with E-state index in [0.29, 0.717) is 5.69 Å². The Morgan fingerprint density at radius 3 is 2.24 bits per heavy atom. The summed E-state index contributed by atoms with van der Waals surface area (Å²) in [5.41, 5.74) is 2.26. The van der Waals surface area contributed by atoms with E-state index < -0.39 is 5.41 Å². The van der Waals surface area contributed by atoms with Gasteiger partial charge in [0.25, 0.3) is 0 Å². The van der Waals surface area contributed by atoms with Crippen LogP contribution in [0, 0.1) is 25.1 Å². The van der Waals surface area contributed by atoms with Gasteiger partial charge in [0.15, 0.2) is 0 Å². The van der Waals surface area contributed by atoms with Crippen LogP contribution in [0.1, 0.15) is 30.5 Å². The van der Waals surface area contributed by atoms with Gasteiger partial charge >= 0.3 is 0 Å². The van der Waals surface area contributed by atoms with Gasteiger partial charge in [0.05, 0.1) is 0 Å². The zero-order valence-corrected chi connectivity index (χ0v) is 14.9. The molecular formula is C20H23FN2O2. The second-order valence-corrected chi connectivity index (χ2v) is 6.71. The maximum atomic E-state index is 12.9. The van der Waals surface area contributed by atoms with E-state index in [-0.39, 0.29) is 24.2 Å². The highest BCUT2D eigenvalue weighted by molar-refractivity contribution is 6.10. The van der Waals surface area contributed by atoms with E-state index in [4.69, 9.17) is 0 Å². The Morgan fingerprint density at radius 1 is 1.00 bits per heavy atom. The van der Waals surface area contributed by atoms with Gasteiger partial charge in [-0.3, -0.25) is 9.59 Å². The summed E-state index contributed by atoms with van der Waals surface area (Å²) in [4.78, 5) is 25.0. The van der Waals surface area contributed by atoms with Crippen LogP contribution in [0.25, 0.3) is 0 Å². The van der Waals surface area contributed by atoms with Crippen molar-refractivity contribution in [1.29, 1.82) is 0 Å². The van der Waals surface area contributed by atoms with Crippen LogP contribution in [0.4, 0.5) is 10.1 Å². The quantitative estimate of drug-likeness (QED) is 0.814. The summed E-state index contributed by atoms with van der Waals surface area (Å²) in [6.45, 7) is 7.27. The summed E-state index contributed by atoms with van der Waals surface area (Å²) in [6, 6.07) is 11.6. The predicted molar refractivity (Wildman–Crippen MR) is 96.6 cm³/mol. The van der Waals surface area contributed by atoms with Crippen LogP contribution in [0.15, 0.2) is 42.5 Å². The number of carbonyl (C=O) groups is 2. The molecule has 132 valence electrons. The van der Waals surface area contributed by atoms with Gasteiger partial charge in [0.1, 0.15) is 11.2 Å². The van der Waals surface area contributed by atoms with Crippen molar-refractivity contribution in [2.75, 3.05) is 5.32 Å². The van der Waals surface area contributed by atoms with Gasteiger partial charge in [-0.25, -0.2) is 4.39 Å². The zero-order valence-electron chi connectivity index (χ0n) is 14.9. The Bertz CT molecular complexity index is 783. The van der Waals surface area contributed by atoms with Gasteiger partial charge in [-0.15, -0.1) is 0 Å². The Kier molecular flexibility index (Phi) is 5.57. The van der Waals surface area contributed by atoms with Crippen LogP contribution < -0.4 is 10.6 Å². The first-order valence-corrected chi connectivity index (χ1v) is 8.11. The molecule has 2 amide bonds. The molecule has 0 unspecified atom stereocenters. The number of halogens is 1. The first kappa shape index (κ1) is 18.6. The summed E-state index contributed by atoms with van der Waals surface area (Å²) in [6.07, 6.45) is 0. The molecule has 0 aliphatic carbocycles. The minimum absolute atomic E-state index is 0.235. The first-order chi connectivity index (χ1) is 11.7. The number of benzene rings is 2. The molecule has 2 N–H and O–H groups in total. The lowest BCUT2D eigenvalue weighted by molar-refractivity contribution is -0.138. The zero-order chi connectivity index (χ0) is 18.6. The molecule has 2 aromatic carbocycles. The fourth-order valence-corrected chi connectivity index (χ4v) is 2.34. The Morgan fingerprint density at radius 2 is 1.64 bits per heavy atom. The summed E-state index contributed by atoms with van der Waals surface area (Å²) in [5.74, 6) is -1.10. The average molecular weight is 342 g/mol. The molecule has 0 bridgehead atoms. The standard InChI is InChI=1S/C20H23FN2O2/c1-13-5-10-17(14(2)11-13)23-19(25)20(3,4)18(24)22-12-15-6-8-16(21)9-7-15/h5-11H,12H2,1-4H3,(H,22,24)(H,23,25). The van der Waals surface area contributed by atoms with Crippen molar-refractivity contribution in [2.24, 2.45) is 5.41 Å². The first-order valence-electron chi connectivity index (χ1n) is 8.11. The number of hydrogen-bond donors (Lipinski definition) is 2. The summed E-state index contributed by atoms with van der Waals surface area (Å²) in [5, 5.41) is 5.54. The maximum Gasteiger partial charge on any atom is 0.239 e. The minimum Gasteiger partial charge on any atom is -0.351 e. The van der Waals surface area contributed by atoms with Crippen LogP contribution in [0.5, 0.6) is 0 Å². The smallest absolute Gasteiger partial charge is 0.239 e. The van der Waals surface area contributed by atoms with Crippen LogP contribution >= 0.6 is 0 Å². The van der Waals surface area contributed by atoms with Crippen molar-refractivity contribution >= 4 is 17.5 Å². The molecule has 0 atom stereocenters. The molecule has 0 aliphatic rings. The van der Waals surface area contributed by atoms with Crippen LogP contribution in [-0.2, 0) is 16.1 Å². The number of nitrogens with one attached hydrogen (secondary N) is 2. The Balaban J connectivity index is 2.01. The Labute approximate surface area is 147 Å². The van der Waals surface area contributed by atoms with Crippen molar-refractivity contribution in [3.63, 3.8) is 0 Å². The normalized spacial score (nSPS) is 11.1. The number of hydrogen-bond acceptors (Lipinski definition) is 2. The molecule has 0 fully saturated rings. The highest BCUT2D eigenvalue weighted by atomic mass is 19.1. The molecule has 0 saturated carbocycles. The molecule has 4 nitrogen and oxygen atoms in total. The van der Waals surface area contributed by atoms with E-state index in [1.165, 1.54) is 12.1 Å². The SMILES string of the molecule is Cc1ccc(NC(=O)C(C)(C)C(=O)NCc2ccc(F)cc2)c(C)c1. The van der Waals surface area contributed by atoms with Crippen LogP contribution in [0.2, 0.25) is 0 Å². The molecule has 0 radical (unpaired) electrons. The van der Waals surface area contributed by atoms with Gasteiger partial charge in [-0.2, -0.15) is 0 Å². The largest absolute Gasteiger partial charge is 0.351 e. The maximum absolute atomic E-state index is 12.9. The molecule has 0 aromatic heterocycles. The molecule has 5 heteroatoms. The lowest BCUT2D eigenvalue weighted by Crippen LogP contribution is -2.45. The van der Waals surface area contributed by atoms with Gasteiger partial charge in [-0.05, 0) is 57.0 Å². The number of anilines is 1. The van der Waals surface area contributed by atoms with Crippen molar-refractivity contribution in [2.45, 2.75) is 34.2 Å². The van der Waals surface area contributed by atoms with E-state index in [1.54, 1.807) is 26.0 Å². The predicted octanol–water partition coefficient (Wildman–Crippen LogP) is 3.72. The lowest BCUT2D eigenvalue weighted by atomic mass is 9.90. The highest BCUT2D eigenvalue weighted by Crippen LogP contribution is 2.22. The number of aryl methyl sites for hydroxylation is 2. The fourth-order valence-electron chi connectivity index (χ4n) is 2.34. The van der Waals surface area contributed by atoms with E-state index in [2.05, 4.69) is 10.6 Å². The molecule has 0 heterocycles. The van der Waals surface area contributed by atoms with Crippen molar-refractivity contribution in [3.05, 3.63) is 65.0 Å². The highest BCUT2D eigenvalue weighted by Gasteiger charge is 2.36. The van der Waals surface area contributed by atoms with Crippen molar-refractivity contribution in [1.82, 2.24) is 5.32 Å². The molecule has 25 heavy (non-hydrogen) atoms. The molecular weight excluding hydrogens is 319 g/mol. The van der Waals surface area contributed by atoms with Gasteiger partial charge in [-0.1, -0.05) is 29.8 Å². The fraction of sp³-hybridized carbons (Fsp3) is 0.300. The minimum atomic E-state index is -1.24. The molecule has 0 saturated heterocycles. The lowest BCUT2D eigenvalue weighted by Gasteiger charge is -2.23. The average Bonchev–Trinajstić information content (AvgIpc) is 2.56. The van der Waals surface area contributed by atoms with E-state index >= 15 is 0 Å². The van der Waals surface area contributed by atoms with Crippen LogP contribution in [0.3, 0.4) is 0 Å². The van der Waals surface area contributed by atoms with Crippen molar-refractivity contribution < 1.29 is 14.0 Å². The summed E-state index contributed by atoms with van der Waals surface area (Å²) < 4.78 is 12.9. The van der Waals surface area contributed by atoms with E-state index in [1.807, 2.05) is 32.0 Å². The van der Waals surface area contributed by atoms with Gasteiger partial charge in [0.2, 0.25) is 11.8 Å². The molecule has 2 aromatic rings. The number of amides is 2. The van der Waals surface area contributed by atoms with Gasteiger partial charge in [0, 0.05) is 12.2 Å². The summed E-state index contributed by atoms with van der Waals surface area (Å²) >= 11 is 0. The third kappa shape index (κ3) is 4.66. The summed E-state index contributed by atoms with van der Waals surface area (Å²) in [7, 11) is 0. The Hall–Kier alpha value is -2.69. The van der Waals surface area contributed by atoms with Crippen LogP contribution in [-0.4, -0.2) is 11.8 Å². The number of rotatable bonds is 5. The topological polar surface area (TPSA) is 58.2 Å². The third-order valence-corrected chi connectivity index (χ3v) is 4.13. The van der Waals surface area contributed by atoms with E-state index in [9.17, 15) is 14.0 Å². The molecule has 0 spiro atoms. The third-order valence-electron chi connectivity index (χ3n) is 4.13. The number of carbonyl (C=O) groups excluding carboxylic acids is 2. The monoisotopic (exact) mass is 342 g/mol. The molecule has 0 aliphatic heterocycles. The van der Waals surface area contributed by atoms with Crippen molar-refractivity contribution in [3.8, 4) is 0 Å². The second kappa shape index (κ2) is 7.47. The van der Waals surface area contributed by atoms with E-state index in [0.717, 1.165) is 16.7 Å². The second-order valence-electron chi connectivity index (χ2n) is 6.71.